The third kappa shape index (κ3) is 4.02. The number of aliphatic hydroxyl groups is 1. The van der Waals surface area contributed by atoms with Crippen LogP contribution in [0.25, 0.3) is 0 Å². The SMILES string of the molecule is Cc1cccc(C(=O)NC(C)CC(C)O)c1Cl. The van der Waals surface area contributed by atoms with Crippen LogP contribution in [0.5, 0.6) is 0 Å². The Morgan fingerprint density at radius 2 is 2.12 bits per heavy atom. The van der Waals surface area contributed by atoms with Crippen molar-refractivity contribution in [3.8, 4) is 0 Å². The quantitative estimate of drug-likeness (QED) is 0.869. The molecule has 0 aromatic heterocycles. The summed E-state index contributed by atoms with van der Waals surface area (Å²) in [6.07, 6.45) is 0.0908. The number of nitrogens with one attached hydrogen (secondary N) is 1. The lowest BCUT2D eigenvalue weighted by molar-refractivity contribution is 0.0923. The first-order chi connectivity index (χ1) is 7.91. The smallest absolute Gasteiger partial charge is 0.253 e. The number of amides is 1. The van der Waals surface area contributed by atoms with Gasteiger partial charge >= 0.3 is 0 Å². The molecule has 1 rings (SSSR count). The summed E-state index contributed by atoms with van der Waals surface area (Å²) in [4.78, 5) is 11.9. The van der Waals surface area contributed by atoms with Gasteiger partial charge in [0.25, 0.3) is 5.91 Å². The van der Waals surface area contributed by atoms with Gasteiger partial charge in [0.15, 0.2) is 0 Å². The van der Waals surface area contributed by atoms with E-state index in [1.165, 1.54) is 0 Å². The summed E-state index contributed by atoms with van der Waals surface area (Å²) < 4.78 is 0. The molecule has 94 valence electrons. The fourth-order valence-electron chi connectivity index (χ4n) is 1.69. The zero-order valence-corrected chi connectivity index (χ0v) is 11.1. The molecule has 4 heteroatoms. The zero-order valence-electron chi connectivity index (χ0n) is 10.3. The molecular weight excluding hydrogens is 238 g/mol. The van der Waals surface area contributed by atoms with Crippen molar-refractivity contribution in [1.29, 1.82) is 0 Å². The van der Waals surface area contributed by atoms with Crippen molar-refractivity contribution in [3.05, 3.63) is 34.3 Å². The first kappa shape index (κ1) is 14.0. The van der Waals surface area contributed by atoms with Crippen LogP contribution in [0, 0.1) is 6.92 Å². The molecule has 0 saturated carbocycles. The van der Waals surface area contributed by atoms with E-state index in [0.29, 0.717) is 17.0 Å². The second kappa shape index (κ2) is 6.03. The Hall–Kier alpha value is -1.06. The Labute approximate surface area is 107 Å². The average Bonchev–Trinajstić information content (AvgIpc) is 2.20. The Morgan fingerprint density at radius 3 is 2.71 bits per heavy atom. The summed E-state index contributed by atoms with van der Waals surface area (Å²) >= 11 is 6.07. The minimum Gasteiger partial charge on any atom is -0.393 e. The van der Waals surface area contributed by atoms with Gasteiger partial charge in [-0.05, 0) is 38.8 Å². The second-order valence-corrected chi connectivity index (χ2v) is 4.77. The Morgan fingerprint density at radius 1 is 1.47 bits per heavy atom. The van der Waals surface area contributed by atoms with E-state index in [4.69, 9.17) is 11.6 Å². The maximum atomic E-state index is 11.9. The Balaban J connectivity index is 2.73. The largest absolute Gasteiger partial charge is 0.393 e. The van der Waals surface area contributed by atoms with E-state index in [1.54, 1.807) is 19.1 Å². The van der Waals surface area contributed by atoms with Crippen LogP contribution in [-0.2, 0) is 0 Å². The van der Waals surface area contributed by atoms with Crippen LogP contribution >= 0.6 is 11.6 Å². The summed E-state index contributed by atoms with van der Waals surface area (Å²) in [6.45, 7) is 5.41. The molecule has 17 heavy (non-hydrogen) atoms. The number of aryl methyl sites for hydroxylation is 1. The van der Waals surface area contributed by atoms with Crippen LogP contribution in [-0.4, -0.2) is 23.2 Å². The van der Waals surface area contributed by atoms with Crippen molar-refractivity contribution >= 4 is 17.5 Å². The van der Waals surface area contributed by atoms with Crippen molar-refractivity contribution in [2.45, 2.75) is 39.3 Å². The van der Waals surface area contributed by atoms with Gasteiger partial charge in [-0.3, -0.25) is 4.79 Å². The van der Waals surface area contributed by atoms with Gasteiger partial charge in [0, 0.05) is 6.04 Å². The van der Waals surface area contributed by atoms with Crippen molar-refractivity contribution in [3.63, 3.8) is 0 Å². The molecule has 0 bridgehead atoms. The monoisotopic (exact) mass is 255 g/mol. The summed E-state index contributed by atoms with van der Waals surface area (Å²) in [5.41, 5.74) is 1.35. The molecule has 3 nitrogen and oxygen atoms in total. The maximum Gasteiger partial charge on any atom is 0.253 e. The topological polar surface area (TPSA) is 49.3 Å². The van der Waals surface area contributed by atoms with Gasteiger partial charge in [0.2, 0.25) is 0 Å². The third-order valence-electron chi connectivity index (χ3n) is 2.51. The molecule has 0 aliphatic heterocycles. The highest BCUT2D eigenvalue weighted by Crippen LogP contribution is 2.20. The van der Waals surface area contributed by atoms with Crippen LogP contribution in [0.3, 0.4) is 0 Å². The maximum absolute atomic E-state index is 11.9. The number of rotatable bonds is 4. The molecule has 2 unspecified atom stereocenters. The lowest BCUT2D eigenvalue weighted by Gasteiger charge is -2.16. The highest BCUT2D eigenvalue weighted by atomic mass is 35.5. The highest BCUT2D eigenvalue weighted by Gasteiger charge is 2.14. The van der Waals surface area contributed by atoms with Crippen LogP contribution in [0.1, 0.15) is 36.2 Å². The molecule has 2 atom stereocenters. The molecule has 0 radical (unpaired) electrons. The molecule has 0 saturated heterocycles. The van der Waals surface area contributed by atoms with Gasteiger partial charge in [-0.2, -0.15) is 0 Å². The van der Waals surface area contributed by atoms with Crippen molar-refractivity contribution in [2.75, 3.05) is 0 Å². The van der Waals surface area contributed by atoms with Crippen LogP contribution in [0.15, 0.2) is 18.2 Å². The molecule has 2 N–H and O–H groups in total. The standard InChI is InChI=1S/C13H18ClNO2/c1-8-5-4-6-11(12(8)14)13(17)15-9(2)7-10(3)16/h4-6,9-10,16H,7H2,1-3H3,(H,15,17). The molecule has 1 aromatic carbocycles. The Kier molecular flexibility index (Phi) is 4.97. The minimum atomic E-state index is -0.432. The summed E-state index contributed by atoms with van der Waals surface area (Å²) in [7, 11) is 0. The number of hydrogen-bond acceptors (Lipinski definition) is 2. The van der Waals surface area contributed by atoms with E-state index in [0.717, 1.165) is 5.56 Å². The number of carbonyl (C=O) groups excluding carboxylic acids is 1. The zero-order chi connectivity index (χ0) is 13.0. The van der Waals surface area contributed by atoms with Gasteiger partial charge in [0.1, 0.15) is 0 Å². The average molecular weight is 256 g/mol. The molecule has 0 aliphatic rings. The van der Waals surface area contributed by atoms with Crippen molar-refractivity contribution < 1.29 is 9.90 Å². The molecule has 0 spiro atoms. The second-order valence-electron chi connectivity index (χ2n) is 4.40. The Bertz CT molecular complexity index is 404. The van der Waals surface area contributed by atoms with Gasteiger partial charge in [-0.1, -0.05) is 23.7 Å². The molecule has 0 heterocycles. The van der Waals surface area contributed by atoms with E-state index in [2.05, 4.69) is 5.32 Å². The van der Waals surface area contributed by atoms with Crippen LogP contribution < -0.4 is 5.32 Å². The molecule has 0 fully saturated rings. The van der Waals surface area contributed by atoms with E-state index >= 15 is 0 Å². The molecule has 1 aromatic rings. The number of carbonyl (C=O) groups is 1. The lowest BCUT2D eigenvalue weighted by atomic mass is 10.1. The van der Waals surface area contributed by atoms with E-state index in [9.17, 15) is 9.90 Å². The van der Waals surface area contributed by atoms with E-state index in [-0.39, 0.29) is 11.9 Å². The van der Waals surface area contributed by atoms with Crippen LogP contribution in [0.2, 0.25) is 5.02 Å². The minimum absolute atomic E-state index is 0.0842. The third-order valence-corrected chi connectivity index (χ3v) is 3.01. The fourth-order valence-corrected chi connectivity index (χ4v) is 1.91. The fraction of sp³-hybridized carbons (Fsp3) is 0.462. The van der Waals surface area contributed by atoms with E-state index in [1.807, 2.05) is 19.9 Å². The lowest BCUT2D eigenvalue weighted by Crippen LogP contribution is -2.34. The number of aliphatic hydroxyl groups excluding tert-OH is 1. The number of hydrogen-bond donors (Lipinski definition) is 2. The predicted molar refractivity (Wildman–Crippen MR) is 69.4 cm³/mol. The summed E-state index contributed by atoms with van der Waals surface area (Å²) in [5.74, 6) is -0.202. The van der Waals surface area contributed by atoms with Gasteiger partial charge in [-0.25, -0.2) is 0 Å². The van der Waals surface area contributed by atoms with Gasteiger partial charge in [-0.15, -0.1) is 0 Å². The molecular formula is C13H18ClNO2. The highest BCUT2D eigenvalue weighted by molar-refractivity contribution is 6.34. The first-order valence-corrected chi connectivity index (χ1v) is 6.03. The molecule has 0 aliphatic carbocycles. The van der Waals surface area contributed by atoms with E-state index < -0.39 is 6.10 Å². The summed E-state index contributed by atoms with van der Waals surface area (Å²) in [6, 6.07) is 5.27. The van der Waals surface area contributed by atoms with Crippen molar-refractivity contribution in [2.24, 2.45) is 0 Å². The van der Waals surface area contributed by atoms with Gasteiger partial charge < -0.3 is 10.4 Å². The first-order valence-electron chi connectivity index (χ1n) is 5.66. The van der Waals surface area contributed by atoms with Crippen molar-refractivity contribution in [1.82, 2.24) is 5.32 Å². The normalized spacial score (nSPS) is 14.2. The van der Waals surface area contributed by atoms with Gasteiger partial charge in [0.05, 0.1) is 16.7 Å². The number of halogens is 1. The summed E-state index contributed by atoms with van der Waals surface area (Å²) in [5, 5.41) is 12.5. The number of benzene rings is 1. The van der Waals surface area contributed by atoms with Crippen LogP contribution in [0.4, 0.5) is 0 Å². The predicted octanol–water partition coefficient (Wildman–Crippen LogP) is 2.54. The molecule has 1 amide bonds.